The molecule has 0 aliphatic heterocycles. The van der Waals surface area contributed by atoms with Crippen molar-refractivity contribution in [3.63, 3.8) is 0 Å². The molecule has 0 aromatic heterocycles. The lowest BCUT2D eigenvalue weighted by molar-refractivity contribution is -0.384. The van der Waals surface area contributed by atoms with Crippen molar-refractivity contribution in [1.29, 1.82) is 0 Å². The Hall–Kier alpha value is -2.60. The van der Waals surface area contributed by atoms with Gasteiger partial charge in [-0.1, -0.05) is 23.7 Å². The lowest BCUT2D eigenvalue weighted by Gasteiger charge is -2.10. The van der Waals surface area contributed by atoms with E-state index in [9.17, 15) is 14.9 Å². The van der Waals surface area contributed by atoms with E-state index in [0.717, 1.165) is 0 Å². The maximum Gasteiger partial charge on any atom is 0.289 e. The molecule has 1 amide bonds. The van der Waals surface area contributed by atoms with Crippen LogP contribution in [0.4, 0.5) is 11.4 Å². The zero-order valence-electron chi connectivity index (χ0n) is 11.7. The van der Waals surface area contributed by atoms with E-state index in [-0.39, 0.29) is 16.4 Å². The number of amides is 1. The van der Waals surface area contributed by atoms with Crippen LogP contribution in [0.5, 0.6) is 5.75 Å². The van der Waals surface area contributed by atoms with Crippen molar-refractivity contribution in [1.82, 2.24) is 0 Å². The van der Waals surface area contributed by atoms with E-state index in [1.165, 1.54) is 18.2 Å². The van der Waals surface area contributed by atoms with Crippen molar-refractivity contribution in [2.45, 2.75) is 6.92 Å². The topological polar surface area (TPSA) is 81.5 Å². The van der Waals surface area contributed by atoms with Gasteiger partial charge < -0.3 is 10.1 Å². The molecule has 0 atom stereocenters. The number of rotatable bonds is 5. The molecule has 2 aromatic rings. The summed E-state index contributed by atoms with van der Waals surface area (Å²) in [5, 5.41) is 13.5. The maximum atomic E-state index is 12.3. The zero-order valence-corrected chi connectivity index (χ0v) is 12.5. The highest BCUT2D eigenvalue weighted by Crippen LogP contribution is 2.28. The van der Waals surface area contributed by atoms with Crippen LogP contribution < -0.4 is 10.1 Å². The molecule has 114 valence electrons. The summed E-state index contributed by atoms with van der Waals surface area (Å²) in [5.41, 5.74) is 0.368. The number of nitrogens with one attached hydrogen (secondary N) is 1. The molecule has 1 N–H and O–H groups in total. The van der Waals surface area contributed by atoms with Gasteiger partial charge in [-0.2, -0.15) is 0 Å². The molecule has 0 heterocycles. The molecule has 0 spiro atoms. The fourth-order valence-electron chi connectivity index (χ4n) is 1.86. The van der Waals surface area contributed by atoms with Crippen LogP contribution in [0.15, 0.2) is 42.5 Å². The number of hydrogen-bond donors (Lipinski definition) is 1. The maximum absolute atomic E-state index is 12.3. The predicted molar refractivity (Wildman–Crippen MR) is 83.7 cm³/mol. The normalized spacial score (nSPS) is 10.1. The van der Waals surface area contributed by atoms with Gasteiger partial charge in [-0.15, -0.1) is 0 Å². The average molecular weight is 321 g/mol. The SMILES string of the molecule is CCOc1ccccc1C(=O)Nc1ccc(Cl)c([N+](=O)[O-])c1. The van der Waals surface area contributed by atoms with Crippen molar-refractivity contribution in [2.24, 2.45) is 0 Å². The number of carbonyl (C=O) groups is 1. The van der Waals surface area contributed by atoms with Crippen molar-refractivity contribution in [2.75, 3.05) is 11.9 Å². The van der Waals surface area contributed by atoms with Gasteiger partial charge in [0.1, 0.15) is 10.8 Å². The molecule has 0 fully saturated rings. The minimum atomic E-state index is -0.605. The van der Waals surface area contributed by atoms with Crippen molar-refractivity contribution in [3.8, 4) is 5.75 Å². The Labute approximate surface area is 131 Å². The number of nitro groups is 1. The van der Waals surface area contributed by atoms with Crippen LogP contribution in [0.3, 0.4) is 0 Å². The summed E-state index contributed by atoms with van der Waals surface area (Å²) in [6.07, 6.45) is 0. The highest BCUT2D eigenvalue weighted by atomic mass is 35.5. The van der Waals surface area contributed by atoms with E-state index in [1.807, 2.05) is 6.92 Å². The minimum absolute atomic E-state index is 0.0118. The Balaban J connectivity index is 2.26. The molecule has 0 saturated carbocycles. The van der Waals surface area contributed by atoms with Gasteiger partial charge in [0, 0.05) is 11.8 Å². The number of anilines is 1. The molecule has 0 bridgehead atoms. The molecule has 0 unspecified atom stereocenters. The number of nitrogens with zero attached hydrogens (tertiary/aromatic N) is 1. The van der Waals surface area contributed by atoms with Crippen LogP contribution >= 0.6 is 11.6 Å². The van der Waals surface area contributed by atoms with Crippen LogP contribution in [-0.4, -0.2) is 17.4 Å². The van der Waals surface area contributed by atoms with Crippen LogP contribution in [0, 0.1) is 10.1 Å². The Morgan fingerprint density at radius 2 is 2.05 bits per heavy atom. The third-order valence-electron chi connectivity index (χ3n) is 2.83. The molecular weight excluding hydrogens is 308 g/mol. The first kappa shape index (κ1) is 15.8. The number of nitro benzene ring substituents is 1. The minimum Gasteiger partial charge on any atom is -0.493 e. The van der Waals surface area contributed by atoms with Crippen LogP contribution in [0.25, 0.3) is 0 Å². The first-order valence-corrected chi connectivity index (χ1v) is 6.88. The number of halogens is 1. The molecule has 7 heteroatoms. The highest BCUT2D eigenvalue weighted by Gasteiger charge is 2.16. The lowest BCUT2D eigenvalue weighted by atomic mass is 10.2. The number of para-hydroxylation sites is 1. The van der Waals surface area contributed by atoms with Crippen LogP contribution in [0.1, 0.15) is 17.3 Å². The second kappa shape index (κ2) is 6.91. The molecular formula is C15H13ClN2O4. The first-order valence-electron chi connectivity index (χ1n) is 6.50. The summed E-state index contributed by atoms with van der Waals surface area (Å²) in [7, 11) is 0. The number of benzene rings is 2. The Kier molecular flexibility index (Phi) is 4.95. The molecule has 2 aromatic carbocycles. The van der Waals surface area contributed by atoms with E-state index in [2.05, 4.69) is 5.32 Å². The smallest absolute Gasteiger partial charge is 0.289 e. The third-order valence-corrected chi connectivity index (χ3v) is 3.15. The summed E-state index contributed by atoms with van der Waals surface area (Å²) in [4.78, 5) is 22.5. The second-order valence-corrected chi connectivity index (χ2v) is 4.71. The summed E-state index contributed by atoms with van der Waals surface area (Å²) in [6.45, 7) is 2.24. The summed E-state index contributed by atoms with van der Waals surface area (Å²) in [5.74, 6) is 0.0339. The van der Waals surface area contributed by atoms with Crippen molar-refractivity contribution < 1.29 is 14.5 Å². The Morgan fingerprint density at radius 1 is 1.32 bits per heavy atom. The Bertz CT molecular complexity index is 718. The van der Waals surface area contributed by atoms with Gasteiger partial charge in [0.15, 0.2) is 0 Å². The van der Waals surface area contributed by atoms with Crippen molar-refractivity contribution in [3.05, 3.63) is 63.2 Å². The van der Waals surface area contributed by atoms with Gasteiger partial charge in [0.25, 0.3) is 11.6 Å². The molecule has 22 heavy (non-hydrogen) atoms. The first-order chi connectivity index (χ1) is 10.5. The summed E-state index contributed by atoms with van der Waals surface area (Å²) in [6, 6.07) is 10.8. The van der Waals surface area contributed by atoms with E-state index in [4.69, 9.17) is 16.3 Å². The molecule has 0 aliphatic carbocycles. The van der Waals surface area contributed by atoms with E-state index in [0.29, 0.717) is 17.9 Å². The summed E-state index contributed by atoms with van der Waals surface area (Å²) < 4.78 is 5.39. The quantitative estimate of drug-likeness (QED) is 0.669. The third kappa shape index (κ3) is 3.53. The molecule has 0 radical (unpaired) electrons. The van der Waals surface area contributed by atoms with Crippen LogP contribution in [0.2, 0.25) is 5.02 Å². The number of hydrogen-bond acceptors (Lipinski definition) is 4. The number of ether oxygens (including phenoxy) is 1. The molecule has 6 nitrogen and oxygen atoms in total. The fraction of sp³-hybridized carbons (Fsp3) is 0.133. The summed E-state index contributed by atoms with van der Waals surface area (Å²) >= 11 is 5.74. The van der Waals surface area contributed by atoms with Crippen molar-refractivity contribution >= 4 is 28.9 Å². The zero-order chi connectivity index (χ0) is 16.1. The van der Waals surface area contributed by atoms with E-state index >= 15 is 0 Å². The second-order valence-electron chi connectivity index (χ2n) is 4.31. The van der Waals surface area contributed by atoms with Gasteiger partial charge >= 0.3 is 0 Å². The molecule has 0 aliphatic rings. The standard InChI is InChI=1S/C15H13ClN2O4/c1-2-22-14-6-4-3-5-11(14)15(19)17-10-7-8-12(16)13(9-10)18(20)21/h3-9H,2H2,1H3,(H,17,19). The van der Waals surface area contributed by atoms with E-state index in [1.54, 1.807) is 24.3 Å². The largest absolute Gasteiger partial charge is 0.493 e. The average Bonchev–Trinajstić information content (AvgIpc) is 2.49. The highest BCUT2D eigenvalue weighted by molar-refractivity contribution is 6.32. The fourth-order valence-corrected chi connectivity index (χ4v) is 2.05. The monoisotopic (exact) mass is 320 g/mol. The van der Waals surface area contributed by atoms with Gasteiger partial charge in [-0.3, -0.25) is 14.9 Å². The van der Waals surface area contributed by atoms with Gasteiger partial charge in [0.05, 0.1) is 17.1 Å². The lowest BCUT2D eigenvalue weighted by Crippen LogP contribution is -2.13. The van der Waals surface area contributed by atoms with Gasteiger partial charge in [-0.25, -0.2) is 0 Å². The molecule has 0 saturated heterocycles. The number of carbonyl (C=O) groups excluding carboxylic acids is 1. The Morgan fingerprint density at radius 3 is 2.73 bits per heavy atom. The van der Waals surface area contributed by atoms with E-state index < -0.39 is 10.8 Å². The van der Waals surface area contributed by atoms with Crippen LogP contribution in [-0.2, 0) is 0 Å². The van der Waals surface area contributed by atoms with Gasteiger partial charge in [-0.05, 0) is 31.2 Å². The molecule has 2 rings (SSSR count). The predicted octanol–water partition coefficient (Wildman–Crippen LogP) is 3.90. The van der Waals surface area contributed by atoms with Gasteiger partial charge in [0.2, 0.25) is 0 Å².